The molecule has 6 heteroatoms. The molecule has 8 rings (SSSR count). The fourth-order valence-electron chi connectivity index (χ4n) is 8.29. The standard InChI is InChI=1S/C14H17F.C14H18.C13H15Cl.2C13H16.C12H12F2.2C11H13N.C7H12.2CH4/c1-4-13-9-8-12(10-14(13)15)7-5-6-11(2)3;1-4-13-8-10-14(11-9-13)7-5-6-12(2)3;1-10(2)5-4-6-12-8-7-11(3)13(14)9-12;2*1-11(2)5-4-6-13-9-7-12(3)8-10-13;1-9(2)4-3-5-10-6-7-11(13)12(14)8-10;1-10(2)5-3-6-11-7-4-8-12-9-11;1-10(2)4-3-5-11-6-8-12-9-7-11;1-4-5-6-7(2)3;;/h8-11H,4,6H2,1-3H3;8-12H,4,6H2,1-3H3;7-10H,5H2,1-3H3;2*7-11H,5H2,1-3H3;6-9H,4H2,1-2H3;4,7-10H,5H2,1-2H3;6-10H,4H2,1-2H3;7H,6H2,1-3H3;2*1H4. The minimum atomic E-state index is -0.846. The summed E-state index contributed by atoms with van der Waals surface area (Å²) in [5.74, 6) is 59.1. The highest BCUT2D eigenvalue weighted by Gasteiger charge is 2.03. The van der Waals surface area contributed by atoms with Crippen LogP contribution < -0.4 is 0 Å². The molecule has 2 nitrogen and oxygen atoms in total. The maximum Gasteiger partial charge on any atom is 0.160 e. The number of benzene rings is 6. The molecule has 8 aromatic rings. The maximum absolute atomic E-state index is 13.4. The fourth-order valence-corrected chi connectivity index (χ4v) is 8.47. The summed E-state index contributed by atoms with van der Waals surface area (Å²) in [5, 5.41) is 0.793. The van der Waals surface area contributed by atoms with E-state index in [0.717, 1.165) is 144 Å². The minimum Gasteiger partial charge on any atom is -0.265 e. The van der Waals surface area contributed by atoms with Crippen molar-refractivity contribution in [2.24, 2.45) is 53.3 Å². The summed E-state index contributed by atoms with van der Waals surface area (Å²) in [6.45, 7) is 51.0. The zero-order valence-electron chi connectivity index (χ0n) is 73.6. The molecule has 0 amide bonds. The Bertz CT molecular complexity index is 4340. The maximum atomic E-state index is 13.4. The number of nitrogens with zero attached hydrogens (tertiary/aromatic N) is 2. The second-order valence-electron chi connectivity index (χ2n) is 31.2. The molecule has 0 saturated carbocycles. The van der Waals surface area contributed by atoms with Gasteiger partial charge in [-0.25, -0.2) is 13.2 Å². The van der Waals surface area contributed by atoms with E-state index >= 15 is 0 Å². The van der Waals surface area contributed by atoms with Crippen molar-refractivity contribution >= 4 is 11.6 Å². The number of aromatic nitrogens is 2. The van der Waals surface area contributed by atoms with Gasteiger partial charge in [0.25, 0.3) is 0 Å². The number of halogens is 4. The van der Waals surface area contributed by atoms with Gasteiger partial charge in [0, 0.05) is 132 Å². The molecule has 0 aliphatic rings. The van der Waals surface area contributed by atoms with Crippen molar-refractivity contribution in [1.29, 1.82) is 0 Å². The van der Waals surface area contributed by atoms with Crippen LogP contribution in [0, 0.1) is 198 Å². The second kappa shape index (κ2) is 69.1. The highest BCUT2D eigenvalue weighted by atomic mass is 35.5. The van der Waals surface area contributed by atoms with E-state index in [1.165, 1.54) is 28.8 Å². The molecule has 0 radical (unpaired) electrons. The number of aryl methyl sites for hydroxylation is 5. The molecule has 116 heavy (non-hydrogen) atoms. The molecule has 0 unspecified atom stereocenters. The van der Waals surface area contributed by atoms with Crippen molar-refractivity contribution < 1.29 is 13.2 Å². The summed E-state index contributed by atoms with van der Waals surface area (Å²) >= 11 is 5.99. The molecule has 0 saturated heterocycles. The van der Waals surface area contributed by atoms with Crippen molar-refractivity contribution in [1.82, 2.24) is 9.97 Å². The molecule has 0 aliphatic heterocycles. The normalized spacial score (nSPS) is 9.35. The molecule has 0 atom stereocenters. The largest absolute Gasteiger partial charge is 0.265 e. The van der Waals surface area contributed by atoms with Crippen LogP contribution in [0.2, 0.25) is 5.02 Å². The zero-order chi connectivity index (χ0) is 85.4. The van der Waals surface area contributed by atoms with Gasteiger partial charge in [-0.05, 0) is 214 Å². The summed E-state index contributed by atoms with van der Waals surface area (Å²) in [7, 11) is 0. The van der Waals surface area contributed by atoms with Gasteiger partial charge >= 0.3 is 0 Å². The van der Waals surface area contributed by atoms with Crippen molar-refractivity contribution in [3.63, 3.8) is 0 Å². The van der Waals surface area contributed by atoms with Crippen LogP contribution in [0.3, 0.4) is 0 Å². The smallest absolute Gasteiger partial charge is 0.160 e. The van der Waals surface area contributed by atoms with E-state index in [9.17, 15) is 13.2 Å². The van der Waals surface area contributed by atoms with Crippen molar-refractivity contribution in [2.45, 2.75) is 252 Å². The lowest BCUT2D eigenvalue weighted by atomic mass is 10.1. The van der Waals surface area contributed by atoms with Gasteiger partial charge in [0.1, 0.15) is 5.82 Å². The van der Waals surface area contributed by atoms with Gasteiger partial charge in [-0.1, -0.05) is 319 Å². The summed E-state index contributed by atoms with van der Waals surface area (Å²) < 4.78 is 38.6. The monoisotopic (exact) mass is 1580 g/mol. The quantitative estimate of drug-likeness (QED) is 0.121. The van der Waals surface area contributed by atoms with Crippen LogP contribution in [-0.2, 0) is 12.8 Å². The van der Waals surface area contributed by atoms with Crippen molar-refractivity contribution in [2.75, 3.05) is 0 Å². The third-order valence-corrected chi connectivity index (χ3v) is 15.4. The lowest BCUT2D eigenvalue weighted by Gasteiger charge is -1.99. The average Bonchev–Trinajstić information content (AvgIpc) is 0.974. The van der Waals surface area contributed by atoms with Crippen LogP contribution in [-0.4, -0.2) is 9.97 Å². The molecule has 0 aliphatic carbocycles. The Morgan fingerprint density at radius 2 is 0.603 bits per heavy atom. The molecule has 2 aromatic heterocycles. The van der Waals surface area contributed by atoms with Gasteiger partial charge in [-0.2, -0.15) is 0 Å². The SMILES string of the molecule is C.C.CC#CCC(C)C.CC(C)CC#Cc1ccc(F)c(F)c1.CC(C)CC#Cc1cccnc1.CC(C)CC#Cc1ccncc1.CCc1ccc(C#CCC(C)C)cc1.CCc1ccc(C#CCC(C)C)cc1F.Cc1ccc(C#CCC(C)C)cc1.Cc1ccc(C#CCC(C)C)cc1.Cc1ccc(C#CCC(C)C)cc1Cl. The molecule has 618 valence electrons. The highest BCUT2D eigenvalue weighted by molar-refractivity contribution is 6.31. The van der Waals surface area contributed by atoms with Gasteiger partial charge < -0.3 is 0 Å². The molecular formula is C110H140ClF3N2. The van der Waals surface area contributed by atoms with Gasteiger partial charge in [-0.3, -0.25) is 9.97 Å². The van der Waals surface area contributed by atoms with Crippen molar-refractivity contribution in [3.8, 4) is 107 Å². The third kappa shape index (κ3) is 64.1. The molecule has 2 heterocycles. The lowest BCUT2D eigenvalue weighted by Crippen LogP contribution is -1.88. The van der Waals surface area contributed by atoms with Crippen LogP contribution >= 0.6 is 11.6 Å². The van der Waals surface area contributed by atoms with Crippen LogP contribution in [0.15, 0.2) is 176 Å². The number of hydrogen-bond donors (Lipinski definition) is 0. The van der Waals surface area contributed by atoms with Gasteiger partial charge in [0.05, 0.1) is 0 Å². The zero-order valence-corrected chi connectivity index (χ0v) is 74.4. The topological polar surface area (TPSA) is 25.8 Å². The lowest BCUT2D eigenvalue weighted by molar-refractivity contribution is 0.508. The first-order valence-electron chi connectivity index (χ1n) is 40.6. The van der Waals surface area contributed by atoms with Crippen LogP contribution in [0.5, 0.6) is 0 Å². The van der Waals surface area contributed by atoms with E-state index in [1.54, 1.807) is 24.8 Å². The Morgan fingerprint density at radius 1 is 0.302 bits per heavy atom. The molecule has 0 bridgehead atoms. The van der Waals surface area contributed by atoms with Gasteiger partial charge in [-0.15, -0.1) is 11.8 Å². The Hall–Kier alpha value is -10.3. The van der Waals surface area contributed by atoms with Crippen molar-refractivity contribution in [3.05, 3.63) is 271 Å². The van der Waals surface area contributed by atoms with Gasteiger partial charge in [0.15, 0.2) is 11.6 Å². The predicted molar refractivity (Wildman–Crippen MR) is 502 cm³/mol. The first kappa shape index (κ1) is 110. The van der Waals surface area contributed by atoms with E-state index in [1.807, 2.05) is 75.4 Å². The molecule has 0 fully saturated rings. The van der Waals surface area contributed by atoms with E-state index in [4.69, 9.17) is 11.6 Å². The Labute approximate surface area is 712 Å². The molecular weight excluding hydrogens is 1440 g/mol. The number of hydrogen-bond acceptors (Lipinski definition) is 2. The van der Waals surface area contributed by atoms with Crippen LogP contribution in [0.4, 0.5) is 13.2 Å². The third-order valence-electron chi connectivity index (χ3n) is 15.0. The van der Waals surface area contributed by atoms with E-state index in [-0.39, 0.29) is 20.7 Å². The number of rotatable bonds is 11. The van der Waals surface area contributed by atoms with Crippen LogP contribution in [0.25, 0.3) is 0 Å². The van der Waals surface area contributed by atoms with Crippen LogP contribution in [0.1, 0.15) is 290 Å². The minimum absolute atomic E-state index is 0. The summed E-state index contributed by atoms with van der Waals surface area (Å²) in [6, 6.07) is 47.7. The van der Waals surface area contributed by atoms with E-state index in [2.05, 4.69) is 335 Å². The van der Waals surface area contributed by atoms with E-state index in [0.29, 0.717) is 52.9 Å². The Balaban J connectivity index is -0.00000124. The predicted octanol–water partition coefficient (Wildman–Crippen LogP) is 29.9. The highest BCUT2D eigenvalue weighted by Crippen LogP contribution is 2.17. The summed E-state index contributed by atoms with van der Waals surface area (Å²) in [5.41, 5.74) is 13.5. The Kier molecular flexibility index (Phi) is 65.4. The first-order valence-corrected chi connectivity index (χ1v) is 41.0. The number of pyridine rings is 2. The average molecular weight is 1580 g/mol. The molecule has 0 spiro atoms. The first-order chi connectivity index (χ1) is 54.2. The molecule has 0 N–H and O–H groups in total. The summed E-state index contributed by atoms with van der Waals surface area (Å²) in [4.78, 5) is 7.90. The van der Waals surface area contributed by atoms with E-state index < -0.39 is 11.6 Å². The summed E-state index contributed by atoms with van der Waals surface area (Å²) in [6.07, 6.45) is 17.3. The fraction of sp³-hybridized carbons (Fsp3) is 0.418. The van der Waals surface area contributed by atoms with Gasteiger partial charge in [0.2, 0.25) is 0 Å². The molecule has 6 aromatic carbocycles. The Morgan fingerprint density at radius 3 is 0.905 bits per heavy atom. The second-order valence-corrected chi connectivity index (χ2v) is 31.6.